The molecule has 1 aromatic rings. The molecule has 0 bridgehead atoms. The average molecular weight is 340 g/mol. The van der Waals surface area contributed by atoms with Crippen LogP contribution in [0.2, 0.25) is 5.02 Å². The molecule has 0 aliphatic heterocycles. The number of halogens is 1. The lowest BCUT2D eigenvalue weighted by Gasteiger charge is -2.13. The molecular formula is C17H22ClNO4. The van der Waals surface area contributed by atoms with Gasteiger partial charge in [0.05, 0.1) is 12.5 Å². The number of amides is 1. The third-order valence-corrected chi connectivity index (χ3v) is 4.40. The van der Waals surface area contributed by atoms with Crippen molar-refractivity contribution < 1.29 is 19.4 Å². The summed E-state index contributed by atoms with van der Waals surface area (Å²) in [6, 6.07) is 5.45. The van der Waals surface area contributed by atoms with Crippen LogP contribution in [0.3, 0.4) is 0 Å². The maximum absolute atomic E-state index is 12.1. The molecule has 5 nitrogen and oxygen atoms in total. The predicted molar refractivity (Wildman–Crippen MR) is 87.8 cm³/mol. The van der Waals surface area contributed by atoms with Gasteiger partial charge >= 0.3 is 5.97 Å². The van der Waals surface area contributed by atoms with Gasteiger partial charge in [0, 0.05) is 17.5 Å². The van der Waals surface area contributed by atoms with E-state index in [-0.39, 0.29) is 17.7 Å². The van der Waals surface area contributed by atoms with Crippen molar-refractivity contribution >= 4 is 23.5 Å². The monoisotopic (exact) mass is 339 g/mol. The molecule has 0 spiro atoms. The number of hydrogen-bond donors (Lipinski definition) is 2. The summed E-state index contributed by atoms with van der Waals surface area (Å²) in [5.41, 5.74) is 0.953. The SMILES string of the molecule is CCOc1ccc(Cl)cc1CCNC(=O)[C@@H]1CC[C@H](C(=O)O)C1. The summed E-state index contributed by atoms with van der Waals surface area (Å²) in [5.74, 6) is -0.669. The van der Waals surface area contributed by atoms with Crippen LogP contribution in [0.25, 0.3) is 0 Å². The van der Waals surface area contributed by atoms with Crippen molar-refractivity contribution in [2.24, 2.45) is 11.8 Å². The van der Waals surface area contributed by atoms with Crippen LogP contribution in [0.4, 0.5) is 0 Å². The fourth-order valence-corrected chi connectivity index (χ4v) is 3.14. The molecule has 0 saturated heterocycles. The van der Waals surface area contributed by atoms with Gasteiger partial charge < -0.3 is 15.2 Å². The molecule has 1 aliphatic carbocycles. The highest BCUT2D eigenvalue weighted by Crippen LogP contribution is 2.31. The van der Waals surface area contributed by atoms with Crippen molar-refractivity contribution in [1.82, 2.24) is 5.32 Å². The normalized spacial score (nSPS) is 20.3. The van der Waals surface area contributed by atoms with Crippen LogP contribution in [-0.4, -0.2) is 30.1 Å². The maximum atomic E-state index is 12.1. The third-order valence-electron chi connectivity index (χ3n) is 4.17. The first kappa shape index (κ1) is 17.6. The highest BCUT2D eigenvalue weighted by atomic mass is 35.5. The van der Waals surface area contributed by atoms with Crippen molar-refractivity contribution in [3.8, 4) is 5.75 Å². The van der Waals surface area contributed by atoms with Gasteiger partial charge in [0.2, 0.25) is 5.91 Å². The van der Waals surface area contributed by atoms with Crippen molar-refractivity contribution in [2.75, 3.05) is 13.2 Å². The summed E-state index contributed by atoms with van der Waals surface area (Å²) in [7, 11) is 0. The minimum atomic E-state index is -0.805. The predicted octanol–water partition coefficient (Wildman–Crippen LogP) is 2.90. The minimum absolute atomic E-state index is 0.0614. The Hall–Kier alpha value is -1.75. The quantitative estimate of drug-likeness (QED) is 0.801. The van der Waals surface area contributed by atoms with Crippen molar-refractivity contribution in [3.63, 3.8) is 0 Å². The van der Waals surface area contributed by atoms with Gasteiger partial charge in [-0.25, -0.2) is 0 Å². The Labute approximate surface area is 141 Å². The zero-order chi connectivity index (χ0) is 16.8. The highest BCUT2D eigenvalue weighted by molar-refractivity contribution is 6.30. The van der Waals surface area contributed by atoms with E-state index in [1.807, 2.05) is 19.1 Å². The van der Waals surface area contributed by atoms with Gasteiger partial charge in [-0.2, -0.15) is 0 Å². The smallest absolute Gasteiger partial charge is 0.306 e. The zero-order valence-electron chi connectivity index (χ0n) is 13.2. The van der Waals surface area contributed by atoms with Gasteiger partial charge in [-0.15, -0.1) is 0 Å². The minimum Gasteiger partial charge on any atom is -0.494 e. The van der Waals surface area contributed by atoms with Gasteiger partial charge in [0.25, 0.3) is 0 Å². The number of benzene rings is 1. The van der Waals surface area contributed by atoms with Crippen molar-refractivity contribution in [2.45, 2.75) is 32.6 Å². The Kier molecular flexibility index (Phi) is 6.28. The Balaban J connectivity index is 1.84. The van der Waals surface area contributed by atoms with E-state index in [2.05, 4.69) is 5.32 Å². The van der Waals surface area contributed by atoms with Gasteiger partial charge in [-0.05, 0) is 56.4 Å². The van der Waals surface area contributed by atoms with E-state index in [0.29, 0.717) is 43.9 Å². The molecule has 0 radical (unpaired) electrons. The van der Waals surface area contributed by atoms with Gasteiger partial charge in [-0.1, -0.05) is 11.6 Å². The molecule has 0 unspecified atom stereocenters. The standard InChI is InChI=1S/C17H22ClNO4/c1-2-23-15-6-5-14(18)10-11(15)7-8-19-16(20)12-3-4-13(9-12)17(21)22/h5-6,10,12-13H,2-4,7-9H2,1H3,(H,19,20)(H,21,22)/t12-,13+/m1/s1. The Morgan fingerprint density at radius 3 is 2.74 bits per heavy atom. The van der Waals surface area contributed by atoms with E-state index in [0.717, 1.165) is 11.3 Å². The summed E-state index contributed by atoms with van der Waals surface area (Å²) in [4.78, 5) is 23.1. The van der Waals surface area contributed by atoms with Gasteiger partial charge in [0.15, 0.2) is 0 Å². The fraction of sp³-hybridized carbons (Fsp3) is 0.529. The van der Waals surface area contributed by atoms with E-state index in [9.17, 15) is 9.59 Å². The number of aliphatic carboxylic acids is 1. The summed E-state index contributed by atoms with van der Waals surface area (Å²) >= 11 is 6.01. The number of ether oxygens (including phenoxy) is 1. The maximum Gasteiger partial charge on any atom is 0.306 e. The summed E-state index contributed by atoms with van der Waals surface area (Å²) < 4.78 is 5.55. The lowest BCUT2D eigenvalue weighted by Crippen LogP contribution is -2.31. The average Bonchev–Trinajstić information content (AvgIpc) is 3.00. The second kappa shape index (κ2) is 8.20. The molecule has 0 heterocycles. The lowest BCUT2D eigenvalue weighted by molar-refractivity contribution is -0.141. The molecular weight excluding hydrogens is 318 g/mol. The number of carboxylic acid groups (broad SMARTS) is 1. The molecule has 1 aromatic carbocycles. The molecule has 1 amide bonds. The van der Waals surface area contributed by atoms with Crippen LogP contribution >= 0.6 is 11.6 Å². The van der Waals surface area contributed by atoms with Crippen LogP contribution in [0.15, 0.2) is 18.2 Å². The summed E-state index contributed by atoms with van der Waals surface area (Å²) in [6.07, 6.45) is 2.28. The molecule has 2 atom stereocenters. The molecule has 2 rings (SSSR count). The van der Waals surface area contributed by atoms with Crippen LogP contribution in [0.1, 0.15) is 31.7 Å². The third kappa shape index (κ3) is 4.86. The largest absolute Gasteiger partial charge is 0.494 e. The molecule has 23 heavy (non-hydrogen) atoms. The van der Waals surface area contributed by atoms with E-state index >= 15 is 0 Å². The van der Waals surface area contributed by atoms with Crippen molar-refractivity contribution in [3.05, 3.63) is 28.8 Å². The molecule has 1 fully saturated rings. The first-order chi connectivity index (χ1) is 11.0. The first-order valence-electron chi connectivity index (χ1n) is 7.93. The Bertz CT molecular complexity index is 576. The molecule has 1 aliphatic rings. The van der Waals surface area contributed by atoms with Gasteiger partial charge in [-0.3, -0.25) is 9.59 Å². The molecule has 0 aromatic heterocycles. The number of carboxylic acids is 1. The van der Waals surface area contributed by atoms with Crippen molar-refractivity contribution in [1.29, 1.82) is 0 Å². The summed E-state index contributed by atoms with van der Waals surface area (Å²) in [6.45, 7) is 2.96. The number of carbonyl (C=O) groups excluding carboxylic acids is 1. The molecule has 6 heteroatoms. The summed E-state index contributed by atoms with van der Waals surface area (Å²) in [5, 5.41) is 12.5. The van der Waals surface area contributed by atoms with E-state index in [4.69, 9.17) is 21.4 Å². The number of nitrogens with one attached hydrogen (secondary N) is 1. The van der Waals surface area contributed by atoms with Crippen LogP contribution in [0, 0.1) is 11.8 Å². The molecule has 2 N–H and O–H groups in total. The van der Waals surface area contributed by atoms with E-state index < -0.39 is 5.97 Å². The first-order valence-corrected chi connectivity index (χ1v) is 8.30. The Morgan fingerprint density at radius 1 is 1.35 bits per heavy atom. The number of hydrogen-bond acceptors (Lipinski definition) is 3. The Morgan fingerprint density at radius 2 is 2.09 bits per heavy atom. The highest BCUT2D eigenvalue weighted by Gasteiger charge is 2.33. The van der Waals surface area contributed by atoms with Crippen LogP contribution in [0.5, 0.6) is 5.75 Å². The lowest BCUT2D eigenvalue weighted by atomic mass is 10.0. The van der Waals surface area contributed by atoms with E-state index in [1.165, 1.54) is 0 Å². The molecule has 126 valence electrons. The topological polar surface area (TPSA) is 75.6 Å². The number of carbonyl (C=O) groups is 2. The zero-order valence-corrected chi connectivity index (χ0v) is 13.9. The number of rotatable bonds is 7. The van der Waals surface area contributed by atoms with Crippen LogP contribution < -0.4 is 10.1 Å². The molecule has 1 saturated carbocycles. The fourth-order valence-electron chi connectivity index (χ4n) is 2.95. The van der Waals surface area contributed by atoms with E-state index in [1.54, 1.807) is 6.07 Å². The second-order valence-electron chi connectivity index (χ2n) is 5.77. The van der Waals surface area contributed by atoms with Crippen LogP contribution in [-0.2, 0) is 16.0 Å². The second-order valence-corrected chi connectivity index (χ2v) is 6.21. The van der Waals surface area contributed by atoms with Gasteiger partial charge in [0.1, 0.15) is 5.75 Å².